The fourth-order valence-corrected chi connectivity index (χ4v) is 2.50. The van der Waals surface area contributed by atoms with E-state index in [1.165, 1.54) is 0 Å². The summed E-state index contributed by atoms with van der Waals surface area (Å²) in [5.74, 6) is 0.697. The van der Waals surface area contributed by atoms with Crippen molar-refractivity contribution in [1.82, 2.24) is 5.32 Å². The molecule has 3 nitrogen and oxygen atoms in total. The van der Waals surface area contributed by atoms with Crippen molar-refractivity contribution in [3.05, 3.63) is 65.2 Å². The maximum absolute atomic E-state index is 10.7. The van der Waals surface area contributed by atoms with Gasteiger partial charge in [-0.05, 0) is 36.2 Å². The van der Waals surface area contributed by atoms with Crippen LogP contribution in [-0.2, 0) is 0 Å². The van der Waals surface area contributed by atoms with Crippen molar-refractivity contribution in [2.75, 3.05) is 13.7 Å². The molecule has 0 heterocycles. The minimum absolute atomic E-state index is 0.630. The van der Waals surface area contributed by atoms with Gasteiger partial charge < -0.3 is 15.2 Å². The van der Waals surface area contributed by atoms with E-state index in [-0.39, 0.29) is 0 Å². The lowest BCUT2D eigenvalue weighted by molar-refractivity contribution is 0.219. The van der Waals surface area contributed by atoms with Crippen LogP contribution in [0.2, 0.25) is 0 Å². The summed E-state index contributed by atoms with van der Waals surface area (Å²) in [4.78, 5) is 0.630. The highest BCUT2D eigenvalue weighted by atomic mass is 32.1. The van der Waals surface area contributed by atoms with Gasteiger partial charge in [0.05, 0.1) is 7.11 Å². The van der Waals surface area contributed by atoms with Crippen LogP contribution in [0.1, 0.15) is 29.7 Å². The minimum Gasteiger partial charge on any atom is -0.497 e. The molecule has 1 unspecified atom stereocenters. The number of methoxy groups -OCH3 is 1. The third-order valence-corrected chi connectivity index (χ3v) is 3.61. The zero-order valence-corrected chi connectivity index (χ0v) is 13.0. The molecule has 1 atom stereocenters. The molecule has 2 N–H and O–H groups in total. The van der Waals surface area contributed by atoms with Crippen LogP contribution in [0.4, 0.5) is 0 Å². The zero-order valence-electron chi connectivity index (χ0n) is 12.2. The van der Waals surface area contributed by atoms with E-state index in [4.69, 9.17) is 17.0 Å². The Labute approximate surface area is 130 Å². The summed E-state index contributed by atoms with van der Waals surface area (Å²) >= 11 is 5.39. The highest BCUT2D eigenvalue weighted by Gasteiger charge is 2.17. The van der Waals surface area contributed by atoms with E-state index in [9.17, 15) is 5.11 Å². The van der Waals surface area contributed by atoms with Gasteiger partial charge in [0.25, 0.3) is 0 Å². The van der Waals surface area contributed by atoms with Crippen LogP contribution >= 0.6 is 12.2 Å². The van der Waals surface area contributed by atoms with E-state index >= 15 is 0 Å². The SMILES string of the molecule is CCNC(=S)c1ccc(OC)cc1C(O)c1ccccc1. The molecule has 0 saturated heterocycles. The molecule has 110 valence electrons. The lowest BCUT2D eigenvalue weighted by atomic mass is 9.96. The molecule has 2 rings (SSSR count). The molecule has 4 heteroatoms. The summed E-state index contributed by atoms with van der Waals surface area (Å²) < 4.78 is 5.26. The lowest BCUT2D eigenvalue weighted by Gasteiger charge is -2.18. The van der Waals surface area contributed by atoms with Crippen molar-refractivity contribution in [1.29, 1.82) is 0 Å². The lowest BCUT2D eigenvalue weighted by Crippen LogP contribution is -2.23. The largest absolute Gasteiger partial charge is 0.497 e. The summed E-state index contributed by atoms with van der Waals surface area (Å²) in [5.41, 5.74) is 2.39. The van der Waals surface area contributed by atoms with Crippen LogP contribution in [0.25, 0.3) is 0 Å². The van der Waals surface area contributed by atoms with Gasteiger partial charge in [-0.1, -0.05) is 42.5 Å². The molecule has 2 aromatic rings. The molecular formula is C17H19NO2S. The monoisotopic (exact) mass is 301 g/mol. The van der Waals surface area contributed by atoms with Crippen molar-refractivity contribution < 1.29 is 9.84 Å². The predicted octanol–water partition coefficient (Wildman–Crippen LogP) is 3.06. The van der Waals surface area contributed by atoms with Crippen molar-refractivity contribution in [2.24, 2.45) is 0 Å². The Morgan fingerprint density at radius 2 is 1.95 bits per heavy atom. The van der Waals surface area contributed by atoms with E-state index in [2.05, 4.69) is 5.32 Å². The Kier molecular flexibility index (Phi) is 5.31. The van der Waals surface area contributed by atoms with E-state index in [0.717, 1.165) is 23.2 Å². The third-order valence-electron chi connectivity index (χ3n) is 3.25. The average Bonchev–Trinajstić information content (AvgIpc) is 2.54. The molecular weight excluding hydrogens is 282 g/mol. The smallest absolute Gasteiger partial charge is 0.119 e. The normalized spacial score (nSPS) is 11.8. The number of aliphatic hydroxyl groups is 1. The number of hydrogen-bond donors (Lipinski definition) is 2. The van der Waals surface area contributed by atoms with E-state index in [1.54, 1.807) is 7.11 Å². The van der Waals surface area contributed by atoms with Gasteiger partial charge in [-0.25, -0.2) is 0 Å². The molecule has 0 radical (unpaired) electrons. The number of benzene rings is 2. The van der Waals surface area contributed by atoms with E-state index < -0.39 is 6.10 Å². The molecule has 0 spiro atoms. The molecule has 2 aromatic carbocycles. The van der Waals surface area contributed by atoms with E-state index in [0.29, 0.717) is 10.7 Å². The summed E-state index contributed by atoms with van der Waals surface area (Å²) in [7, 11) is 1.61. The first-order chi connectivity index (χ1) is 10.2. The molecule has 0 bridgehead atoms. The first-order valence-corrected chi connectivity index (χ1v) is 7.27. The van der Waals surface area contributed by atoms with E-state index in [1.807, 2.05) is 55.5 Å². The van der Waals surface area contributed by atoms with Crippen LogP contribution in [0.15, 0.2) is 48.5 Å². The topological polar surface area (TPSA) is 41.5 Å². The molecule has 0 aromatic heterocycles. The Morgan fingerprint density at radius 1 is 1.24 bits per heavy atom. The number of nitrogens with one attached hydrogen (secondary N) is 1. The first-order valence-electron chi connectivity index (χ1n) is 6.86. The Hall–Kier alpha value is -1.91. The number of aliphatic hydroxyl groups excluding tert-OH is 1. The maximum Gasteiger partial charge on any atom is 0.119 e. The molecule has 0 amide bonds. The molecule has 0 fully saturated rings. The fraction of sp³-hybridized carbons (Fsp3) is 0.235. The Balaban J connectivity index is 2.46. The van der Waals surface area contributed by atoms with Crippen LogP contribution in [0.3, 0.4) is 0 Å². The highest BCUT2D eigenvalue weighted by molar-refractivity contribution is 7.80. The van der Waals surface area contributed by atoms with Gasteiger partial charge >= 0.3 is 0 Å². The van der Waals surface area contributed by atoms with Gasteiger partial charge in [0.15, 0.2) is 0 Å². The summed E-state index contributed by atoms with van der Waals surface area (Å²) in [6.45, 7) is 2.73. The van der Waals surface area contributed by atoms with Crippen molar-refractivity contribution in [2.45, 2.75) is 13.0 Å². The molecule has 0 aliphatic carbocycles. The molecule has 0 aliphatic rings. The summed E-state index contributed by atoms with van der Waals surface area (Å²) in [6.07, 6.45) is -0.743. The third kappa shape index (κ3) is 3.60. The summed E-state index contributed by atoms with van der Waals surface area (Å²) in [5, 5.41) is 13.8. The zero-order chi connectivity index (χ0) is 15.2. The standard InChI is InChI=1S/C17H19NO2S/c1-3-18-17(21)14-10-9-13(20-2)11-15(14)16(19)12-7-5-4-6-8-12/h4-11,16,19H,3H2,1-2H3,(H,18,21). The second kappa shape index (κ2) is 7.20. The van der Waals surface area contributed by atoms with Crippen LogP contribution < -0.4 is 10.1 Å². The Morgan fingerprint density at radius 3 is 2.57 bits per heavy atom. The van der Waals surface area contributed by atoms with Crippen LogP contribution in [0.5, 0.6) is 5.75 Å². The van der Waals surface area contributed by atoms with Gasteiger partial charge in [0.1, 0.15) is 16.8 Å². The highest BCUT2D eigenvalue weighted by Crippen LogP contribution is 2.28. The van der Waals surface area contributed by atoms with Crippen LogP contribution in [-0.4, -0.2) is 23.7 Å². The Bertz CT molecular complexity index is 613. The van der Waals surface area contributed by atoms with Gasteiger partial charge in [-0.15, -0.1) is 0 Å². The van der Waals surface area contributed by atoms with Gasteiger partial charge in [-0.3, -0.25) is 0 Å². The fourth-order valence-electron chi connectivity index (χ4n) is 2.17. The summed E-state index contributed by atoms with van der Waals surface area (Å²) in [6, 6.07) is 15.1. The van der Waals surface area contributed by atoms with Gasteiger partial charge in [-0.2, -0.15) is 0 Å². The van der Waals surface area contributed by atoms with Crippen molar-refractivity contribution >= 4 is 17.2 Å². The minimum atomic E-state index is -0.743. The van der Waals surface area contributed by atoms with Gasteiger partial charge in [0, 0.05) is 12.1 Å². The molecule has 0 saturated carbocycles. The second-order valence-corrected chi connectivity index (χ2v) is 5.03. The molecule has 21 heavy (non-hydrogen) atoms. The van der Waals surface area contributed by atoms with Gasteiger partial charge in [0.2, 0.25) is 0 Å². The second-order valence-electron chi connectivity index (χ2n) is 4.63. The van der Waals surface area contributed by atoms with Crippen LogP contribution in [0, 0.1) is 0 Å². The molecule has 0 aliphatic heterocycles. The number of ether oxygens (including phenoxy) is 1. The first kappa shape index (κ1) is 15.5. The predicted molar refractivity (Wildman–Crippen MR) is 88.9 cm³/mol. The number of thiocarbonyl (C=S) groups is 1. The quantitative estimate of drug-likeness (QED) is 0.833. The van der Waals surface area contributed by atoms with Crippen molar-refractivity contribution in [3.8, 4) is 5.75 Å². The maximum atomic E-state index is 10.7. The van der Waals surface area contributed by atoms with Crippen molar-refractivity contribution in [3.63, 3.8) is 0 Å². The number of rotatable bonds is 5. The average molecular weight is 301 g/mol. The number of hydrogen-bond acceptors (Lipinski definition) is 3.